The van der Waals surface area contributed by atoms with E-state index in [4.69, 9.17) is 5.73 Å². The van der Waals surface area contributed by atoms with Crippen molar-refractivity contribution in [2.24, 2.45) is 17.1 Å². The van der Waals surface area contributed by atoms with Gasteiger partial charge in [-0.25, -0.2) is 0 Å². The van der Waals surface area contributed by atoms with E-state index in [-0.39, 0.29) is 11.8 Å². The molecule has 104 valence electrons. The first-order valence-corrected chi connectivity index (χ1v) is 7.27. The van der Waals surface area contributed by atoms with Gasteiger partial charge in [0.05, 0.1) is 5.41 Å². The largest absolute Gasteiger partial charge is 0.369 e. The third-order valence-corrected chi connectivity index (χ3v) is 4.76. The van der Waals surface area contributed by atoms with E-state index in [1.807, 2.05) is 0 Å². The summed E-state index contributed by atoms with van der Waals surface area (Å²) in [6.45, 7) is 5.85. The zero-order chi connectivity index (χ0) is 14.2. The minimum atomic E-state index is -0.695. The molecule has 3 N–H and O–H groups in total. The maximum absolute atomic E-state index is 12.0. The Bertz CT molecular complexity index is 507. The SMILES string of the molecule is Cc1ccc([C@H]2C[C@@H]2C(=O)NCC(C)(C)C(N)=O)s1. The number of nitrogens with two attached hydrogens (primary N) is 1. The Morgan fingerprint density at radius 3 is 2.68 bits per heavy atom. The van der Waals surface area contributed by atoms with Crippen molar-refractivity contribution >= 4 is 23.2 Å². The van der Waals surface area contributed by atoms with Crippen molar-refractivity contribution in [3.05, 3.63) is 21.9 Å². The second-order valence-corrected chi connectivity index (χ2v) is 7.18. The number of amides is 2. The molecule has 5 heteroatoms. The fourth-order valence-electron chi connectivity index (χ4n) is 1.98. The summed E-state index contributed by atoms with van der Waals surface area (Å²) in [6, 6.07) is 4.19. The van der Waals surface area contributed by atoms with Crippen LogP contribution in [0.15, 0.2) is 12.1 Å². The summed E-state index contributed by atoms with van der Waals surface area (Å²) in [5.74, 6) is 0.0523. The highest BCUT2D eigenvalue weighted by Gasteiger charge is 2.45. The predicted molar refractivity (Wildman–Crippen MR) is 75.9 cm³/mol. The highest BCUT2D eigenvalue weighted by Crippen LogP contribution is 2.49. The van der Waals surface area contributed by atoms with Gasteiger partial charge in [-0.05, 0) is 39.3 Å². The molecule has 1 saturated carbocycles. The summed E-state index contributed by atoms with van der Waals surface area (Å²) in [5, 5.41) is 2.84. The maximum atomic E-state index is 12.0. The normalized spacial score (nSPS) is 22.1. The number of nitrogens with one attached hydrogen (secondary N) is 1. The van der Waals surface area contributed by atoms with Crippen LogP contribution in [-0.2, 0) is 9.59 Å². The number of hydrogen-bond acceptors (Lipinski definition) is 3. The topological polar surface area (TPSA) is 72.2 Å². The van der Waals surface area contributed by atoms with Gasteiger partial charge in [-0.2, -0.15) is 0 Å². The fraction of sp³-hybridized carbons (Fsp3) is 0.571. The molecule has 1 aromatic rings. The number of primary amides is 1. The lowest BCUT2D eigenvalue weighted by Gasteiger charge is -2.20. The number of carbonyl (C=O) groups is 2. The molecule has 2 atom stereocenters. The highest BCUT2D eigenvalue weighted by atomic mass is 32.1. The first-order valence-electron chi connectivity index (χ1n) is 6.45. The van der Waals surface area contributed by atoms with E-state index in [9.17, 15) is 9.59 Å². The highest BCUT2D eigenvalue weighted by molar-refractivity contribution is 7.12. The van der Waals surface area contributed by atoms with Crippen LogP contribution in [0.25, 0.3) is 0 Å². The molecule has 4 nitrogen and oxygen atoms in total. The minimum absolute atomic E-state index is 0.0328. The monoisotopic (exact) mass is 280 g/mol. The van der Waals surface area contributed by atoms with E-state index < -0.39 is 11.3 Å². The van der Waals surface area contributed by atoms with E-state index in [1.165, 1.54) is 9.75 Å². The molecule has 0 bridgehead atoms. The molecule has 0 spiro atoms. The van der Waals surface area contributed by atoms with Crippen LogP contribution in [0.1, 0.15) is 35.9 Å². The van der Waals surface area contributed by atoms with Gasteiger partial charge in [-0.3, -0.25) is 9.59 Å². The van der Waals surface area contributed by atoms with Crippen molar-refractivity contribution < 1.29 is 9.59 Å². The number of aryl methyl sites for hydroxylation is 1. The molecule has 1 aliphatic rings. The lowest BCUT2D eigenvalue weighted by molar-refractivity contribution is -0.127. The van der Waals surface area contributed by atoms with Crippen LogP contribution in [0.4, 0.5) is 0 Å². The average molecular weight is 280 g/mol. The molecule has 1 aliphatic carbocycles. The summed E-state index contributed by atoms with van der Waals surface area (Å²) < 4.78 is 0. The van der Waals surface area contributed by atoms with E-state index >= 15 is 0 Å². The summed E-state index contributed by atoms with van der Waals surface area (Å²) in [7, 11) is 0. The molecular weight excluding hydrogens is 260 g/mol. The van der Waals surface area contributed by atoms with Crippen molar-refractivity contribution in [1.82, 2.24) is 5.32 Å². The van der Waals surface area contributed by atoms with Gasteiger partial charge in [0, 0.05) is 28.1 Å². The van der Waals surface area contributed by atoms with Crippen LogP contribution in [-0.4, -0.2) is 18.4 Å². The third kappa shape index (κ3) is 3.15. The average Bonchev–Trinajstić information content (AvgIpc) is 3.02. The lowest BCUT2D eigenvalue weighted by atomic mass is 9.93. The van der Waals surface area contributed by atoms with Crippen molar-refractivity contribution in [3.63, 3.8) is 0 Å². The summed E-state index contributed by atoms with van der Waals surface area (Å²) in [5.41, 5.74) is 4.59. The molecule has 0 aliphatic heterocycles. The van der Waals surface area contributed by atoms with Gasteiger partial charge in [0.15, 0.2) is 0 Å². The molecule has 0 radical (unpaired) electrons. The first kappa shape index (κ1) is 14.1. The third-order valence-electron chi connectivity index (χ3n) is 3.63. The Labute approximate surface area is 117 Å². The smallest absolute Gasteiger partial charge is 0.224 e. The Morgan fingerprint density at radius 2 is 2.16 bits per heavy atom. The van der Waals surface area contributed by atoms with Crippen molar-refractivity contribution in [3.8, 4) is 0 Å². The molecule has 2 amide bonds. The zero-order valence-electron chi connectivity index (χ0n) is 11.5. The van der Waals surface area contributed by atoms with Gasteiger partial charge in [0.25, 0.3) is 0 Å². The molecule has 0 saturated heterocycles. The maximum Gasteiger partial charge on any atom is 0.224 e. The molecule has 0 unspecified atom stereocenters. The van der Waals surface area contributed by atoms with Crippen molar-refractivity contribution in [1.29, 1.82) is 0 Å². The van der Waals surface area contributed by atoms with E-state index in [1.54, 1.807) is 25.2 Å². The molecule has 19 heavy (non-hydrogen) atoms. The lowest BCUT2D eigenvalue weighted by Crippen LogP contribution is -2.42. The zero-order valence-corrected chi connectivity index (χ0v) is 12.3. The Morgan fingerprint density at radius 1 is 1.47 bits per heavy atom. The van der Waals surface area contributed by atoms with Crippen molar-refractivity contribution in [2.45, 2.75) is 33.1 Å². The number of hydrogen-bond donors (Lipinski definition) is 2. The van der Waals surface area contributed by atoms with E-state index in [0.717, 1.165) is 6.42 Å². The summed E-state index contributed by atoms with van der Waals surface area (Å²) >= 11 is 1.75. The van der Waals surface area contributed by atoms with Crippen LogP contribution >= 0.6 is 11.3 Å². The van der Waals surface area contributed by atoms with Gasteiger partial charge in [-0.15, -0.1) is 11.3 Å². The summed E-state index contributed by atoms with van der Waals surface area (Å²) in [4.78, 5) is 25.7. The molecular formula is C14H20N2O2S. The van der Waals surface area contributed by atoms with Crippen LogP contribution in [0, 0.1) is 18.3 Å². The van der Waals surface area contributed by atoms with Crippen LogP contribution in [0.3, 0.4) is 0 Å². The van der Waals surface area contributed by atoms with Gasteiger partial charge in [0.1, 0.15) is 0 Å². The van der Waals surface area contributed by atoms with Gasteiger partial charge in [0.2, 0.25) is 11.8 Å². The first-order chi connectivity index (χ1) is 8.81. The molecule has 2 rings (SSSR count). The quantitative estimate of drug-likeness (QED) is 0.863. The Kier molecular flexibility index (Phi) is 3.67. The standard InChI is InChI=1S/C14H20N2O2S/c1-8-4-5-11(19-8)9-6-10(9)12(17)16-7-14(2,3)13(15)18/h4-5,9-10H,6-7H2,1-3H3,(H2,15,18)(H,16,17)/t9-,10-/m0/s1. The van der Waals surface area contributed by atoms with E-state index in [2.05, 4.69) is 24.4 Å². The van der Waals surface area contributed by atoms with Crippen LogP contribution in [0.5, 0.6) is 0 Å². The summed E-state index contributed by atoms with van der Waals surface area (Å²) in [6.07, 6.45) is 0.906. The number of rotatable bonds is 5. The second-order valence-electron chi connectivity index (χ2n) is 5.86. The molecule has 1 heterocycles. The van der Waals surface area contributed by atoms with Crippen LogP contribution in [0.2, 0.25) is 0 Å². The molecule has 0 aromatic carbocycles. The van der Waals surface area contributed by atoms with Gasteiger partial charge in [-0.1, -0.05) is 0 Å². The number of thiophene rings is 1. The van der Waals surface area contributed by atoms with Crippen LogP contribution < -0.4 is 11.1 Å². The molecule has 1 aromatic heterocycles. The van der Waals surface area contributed by atoms with Gasteiger partial charge < -0.3 is 11.1 Å². The van der Waals surface area contributed by atoms with Gasteiger partial charge >= 0.3 is 0 Å². The fourth-order valence-corrected chi connectivity index (χ4v) is 3.03. The Balaban J connectivity index is 1.85. The number of carbonyl (C=O) groups excluding carboxylic acids is 2. The Hall–Kier alpha value is -1.36. The minimum Gasteiger partial charge on any atom is -0.369 e. The second kappa shape index (κ2) is 4.96. The predicted octanol–water partition coefficient (Wildman–Crippen LogP) is 1.79. The van der Waals surface area contributed by atoms with Crippen molar-refractivity contribution in [2.75, 3.05) is 6.54 Å². The van der Waals surface area contributed by atoms with E-state index in [0.29, 0.717) is 12.5 Å². The molecule has 1 fully saturated rings.